The fourth-order valence-corrected chi connectivity index (χ4v) is 5.29. The van der Waals surface area contributed by atoms with Gasteiger partial charge in [-0.3, -0.25) is 9.69 Å². The van der Waals surface area contributed by atoms with E-state index in [1.165, 1.54) is 24.8 Å². The average molecular weight is 436 g/mol. The van der Waals surface area contributed by atoms with Gasteiger partial charge >= 0.3 is 0 Å². The number of tetrazole rings is 1. The topological polar surface area (TPSA) is 82.9 Å². The van der Waals surface area contributed by atoms with Gasteiger partial charge in [-0.25, -0.2) is 4.68 Å². The zero-order chi connectivity index (χ0) is 22.2. The lowest BCUT2D eigenvalue weighted by Gasteiger charge is -2.37. The number of piperazine rings is 1. The summed E-state index contributed by atoms with van der Waals surface area (Å²) in [5.74, 6) is 0.801. The summed E-state index contributed by atoms with van der Waals surface area (Å²) in [7, 11) is 2.15. The number of fused-ring (bicyclic) bond motifs is 1. The number of aromatic amines is 1. The van der Waals surface area contributed by atoms with Gasteiger partial charge in [-0.1, -0.05) is 31.4 Å². The van der Waals surface area contributed by atoms with Crippen LogP contribution in [0, 0.1) is 13.8 Å². The first-order chi connectivity index (χ1) is 15.5. The first kappa shape index (κ1) is 21.3. The van der Waals surface area contributed by atoms with Crippen LogP contribution >= 0.6 is 0 Å². The van der Waals surface area contributed by atoms with Crippen LogP contribution in [0.3, 0.4) is 0 Å². The maximum absolute atomic E-state index is 13.5. The van der Waals surface area contributed by atoms with Gasteiger partial charge in [-0.15, -0.1) is 5.10 Å². The molecule has 1 saturated heterocycles. The van der Waals surface area contributed by atoms with Crippen molar-refractivity contribution in [3.8, 4) is 0 Å². The molecule has 0 unspecified atom stereocenters. The highest BCUT2D eigenvalue weighted by Crippen LogP contribution is 2.33. The lowest BCUT2D eigenvalue weighted by atomic mass is 9.95. The third-order valence-corrected chi connectivity index (χ3v) is 7.46. The molecule has 2 fully saturated rings. The molecule has 1 N–H and O–H groups in total. The summed E-state index contributed by atoms with van der Waals surface area (Å²) < 4.78 is 2.02. The van der Waals surface area contributed by atoms with E-state index in [-0.39, 0.29) is 11.6 Å². The normalized spacial score (nSPS) is 20.1. The maximum Gasteiger partial charge on any atom is 0.253 e. The van der Waals surface area contributed by atoms with Crippen LogP contribution in [0.15, 0.2) is 23.0 Å². The summed E-state index contributed by atoms with van der Waals surface area (Å²) in [6.45, 7) is 7.82. The van der Waals surface area contributed by atoms with E-state index < -0.39 is 0 Å². The Morgan fingerprint density at radius 1 is 1.06 bits per heavy atom. The molecule has 3 heterocycles. The molecule has 0 bridgehead atoms. The van der Waals surface area contributed by atoms with Gasteiger partial charge in [0.25, 0.3) is 5.56 Å². The van der Waals surface area contributed by atoms with Crippen molar-refractivity contribution in [2.45, 2.75) is 58.0 Å². The fourth-order valence-electron chi connectivity index (χ4n) is 5.29. The van der Waals surface area contributed by atoms with E-state index >= 15 is 0 Å². The summed E-state index contributed by atoms with van der Waals surface area (Å²) in [4.78, 5) is 21.3. The number of rotatable bonds is 4. The third-order valence-electron chi connectivity index (χ3n) is 7.46. The van der Waals surface area contributed by atoms with Crippen molar-refractivity contribution in [2.24, 2.45) is 0 Å². The molecule has 32 heavy (non-hydrogen) atoms. The van der Waals surface area contributed by atoms with Gasteiger partial charge in [0.15, 0.2) is 5.82 Å². The number of hydrogen-bond acceptors (Lipinski definition) is 6. The summed E-state index contributed by atoms with van der Waals surface area (Å²) in [5.41, 5.74) is 3.90. The van der Waals surface area contributed by atoms with Crippen molar-refractivity contribution >= 4 is 10.9 Å². The molecule has 2 aromatic heterocycles. The highest BCUT2D eigenvalue weighted by molar-refractivity contribution is 5.83. The summed E-state index contributed by atoms with van der Waals surface area (Å²) in [5, 5.41) is 14.1. The molecule has 8 nitrogen and oxygen atoms in total. The third kappa shape index (κ3) is 3.86. The van der Waals surface area contributed by atoms with Crippen molar-refractivity contribution in [3.05, 3.63) is 51.1 Å². The second kappa shape index (κ2) is 8.75. The van der Waals surface area contributed by atoms with Crippen LogP contribution in [0.25, 0.3) is 10.9 Å². The molecule has 2 aliphatic rings. The van der Waals surface area contributed by atoms with E-state index in [9.17, 15) is 4.79 Å². The Morgan fingerprint density at radius 2 is 1.81 bits per heavy atom. The minimum atomic E-state index is -0.254. The molecule has 1 aromatic carbocycles. The first-order valence-electron chi connectivity index (χ1n) is 11.9. The Bertz CT molecular complexity index is 1150. The van der Waals surface area contributed by atoms with E-state index in [1.54, 1.807) is 0 Å². The zero-order valence-electron chi connectivity index (χ0n) is 19.3. The van der Waals surface area contributed by atoms with Crippen LogP contribution in [0.1, 0.15) is 66.7 Å². The van der Waals surface area contributed by atoms with Gasteiger partial charge in [0.1, 0.15) is 6.04 Å². The monoisotopic (exact) mass is 435 g/mol. The molecular weight excluding hydrogens is 402 g/mol. The number of hydrogen-bond donors (Lipinski definition) is 1. The highest BCUT2D eigenvalue weighted by Gasteiger charge is 2.34. The van der Waals surface area contributed by atoms with E-state index in [2.05, 4.69) is 69.4 Å². The van der Waals surface area contributed by atoms with E-state index in [0.717, 1.165) is 66.9 Å². The number of nitrogens with one attached hydrogen (secondary N) is 1. The van der Waals surface area contributed by atoms with Gasteiger partial charge in [0.2, 0.25) is 0 Å². The Balaban J connectivity index is 1.63. The Morgan fingerprint density at radius 3 is 2.56 bits per heavy atom. The van der Waals surface area contributed by atoms with Crippen molar-refractivity contribution in [1.29, 1.82) is 0 Å². The molecule has 1 saturated carbocycles. The Labute approximate surface area is 188 Å². The summed E-state index contributed by atoms with van der Waals surface area (Å²) in [6.07, 6.45) is 5.88. The zero-order valence-corrected chi connectivity index (χ0v) is 19.3. The van der Waals surface area contributed by atoms with E-state index in [4.69, 9.17) is 0 Å². The molecule has 5 rings (SSSR count). The number of H-pyrrole nitrogens is 1. The molecule has 1 aliphatic carbocycles. The second-order valence-electron chi connectivity index (χ2n) is 9.54. The molecule has 170 valence electrons. The largest absolute Gasteiger partial charge is 0.321 e. The van der Waals surface area contributed by atoms with Gasteiger partial charge in [0, 0.05) is 31.7 Å². The minimum absolute atomic E-state index is 0.0478. The molecule has 0 amide bonds. The number of nitrogens with zero attached hydrogens (tertiary/aromatic N) is 6. The van der Waals surface area contributed by atoms with E-state index in [1.807, 2.05) is 4.68 Å². The SMILES string of the molecule is Cc1ccc2cc([C@H](c3nnnn3C3CCCCC3)N3CCN(C)CC3)c(=O)[nH]c2c1C. The van der Waals surface area contributed by atoms with Crippen LogP contribution in [0.5, 0.6) is 0 Å². The van der Waals surface area contributed by atoms with Crippen LogP contribution in [-0.4, -0.2) is 68.2 Å². The molecule has 1 aliphatic heterocycles. The number of pyridine rings is 1. The molecular formula is C24H33N7O. The number of aryl methyl sites for hydroxylation is 2. The van der Waals surface area contributed by atoms with Crippen molar-refractivity contribution in [1.82, 2.24) is 35.0 Å². The van der Waals surface area contributed by atoms with Crippen molar-refractivity contribution in [2.75, 3.05) is 33.2 Å². The average Bonchev–Trinajstić information content (AvgIpc) is 3.29. The van der Waals surface area contributed by atoms with Crippen LogP contribution < -0.4 is 5.56 Å². The standard InChI is InChI=1S/C24H33N7O/c1-16-9-10-18-15-20(24(32)25-21(18)17(16)2)22(30-13-11-29(3)12-14-30)23-26-27-28-31(23)19-7-5-4-6-8-19/h9-10,15,19,22H,4-8,11-14H2,1-3H3,(H,25,32)/t22-/m1/s1. The van der Waals surface area contributed by atoms with Crippen molar-refractivity contribution in [3.63, 3.8) is 0 Å². The molecule has 0 radical (unpaired) electrons. The van der Waals surface area contributed by atoms with E-state index in [0.29, 0.717) is 6.04 Å². The molecule has 3 aromatic rings. The van der Waals surface area contributed by atoms with Crippen LogP contribution in [0.2, 0.25) is 0 Å². The van der Waals surface area contributed by atoms with Crippen molar-refractivity contribution < 1.29 is 0 Å². The molecule has 8 heteroatoms. The highest BCUT2D eigenvalue weighted by atomic mass is 16.1. The Kier molecular flexibility index (Phi) is 5.82. The fraction of sp³-hybridized carbons (Fsp3) is 0.583. The Hall–Kier alpha value is -2.58. The lowest BCUT2D eigenvalue weighted by molar-refractivity contribution is 0.119. The molecule has 1 atom stereocenters. The first-order valence-corrected chi connectivity index (χ1v) is 11.9. The molecule has 0 spiro atoms. The van der Waals surface area contributed by atoms with Crippen LogP contribution in [0.4, 0.5) is 0 Å². The quantitative estimate of drug-likeness (QED) is 0.678. The van der Waals surface area contributed by atoms with Gasteiger partial charge in [0.05, 0.1) is 11.6 Å². The smallest absolute Gasteiger partial charge is 0.253 e. The van der Waals surface area contributed by atoms with Crippen LogP contribution in [-0.2, 0) is 0 Å². The second-order valence-corrected chi connectivity index (χ2v) is 9.54. The van der Waals surface area contributed by atoms with Gasteiger partial charge < -0.3 is 9.88 Å². The van der Waals surface area contributed by atoms with Gasteiger partial charge in [-0.2, -0.15) is 0 Å². The van der Waals surface area contributed by atoms with Gasteiger partial charge in [-0.05, 0) is 66.7 Å². The minimum Gasteiger partial charge on any atom is -0.321 e. The number of benzene rings is 1. The summed E-state index contributed by atoms with van der Waals surface area (Å²) >= 11 is 0. The number of likely N-dealkylation sites (N-methyl/N-ethyl adjacent to an activating group) is 1. The predicted octanol–water partition coefficient (Wildman–Crippen LogP) is 2.97. The maximum atomic E-state index is 13.5. The number of aromatic nitrogens is 5. The summed E-state index contributed by atoms with van der Waals surface area (Å²) in [6, 6.07) is 6.34. The lowest BCUT2D eigenvalue weighted by Crippen LogP contribution is -2.47. The predicted molar refractivity (Wildman–Crippen MR) is 125 cm³/mol.